The number of aliphatic hydroxyl groups excluding tert-OH is 1. The Morgan fingerprint density at radius 1 is 1.25 bits per heavy atom. The van der Waals surface area contributed by atoms with Gasteiger partial charge in [0.2, 0.25) is 0 Å². The molecule has 2 atom stereocenters. The molecule has 1 amide bonds. The van der Waals surface area contributed by atoms with Crippen LogP contribution in [0.2, 0.25) is 0 Å². The van der Waals surface area contributed by atoms with E-state index in [1.54, 1.807) is 0 Å². The number of aliphatic hydroxyl groups is 1. The Hall–Kier alpha value is -2.51. The Kier molecular flexibility index (Phi) is 5.02. The summed E-state index contributed by atoms with van der Waals surface area (Å²) in [5, 5.41) is 19.7. The summed E-state index contributed by atoms with van der Waals surface area (Å²) in [4.78, 5) is 24.2. The molecule has 1 saturated heterocycles. The zero-order valence-corrected chi connectivity index (χ0v) is 13.2. The van der Waals surface area contributed by atoms with Crippen molar-refractivity contribution in [3.05, 3.63) is 64.1 Å². The lowest BCUT2D eigenvalue weighted by molar-refractivity contribution is 0.0919. The second kappa shape index (κ2) is 7.37. The van der Waals surface area contributed by atoms with Gasteiger partial charge in [-0.3, -0.25) is 9.59 Å². The van der Waals surface area contributed by atoms with E-state index >= 15 is 0 Å². The fourth-order valence-electron chi connectivity index (χ4n) is 2.68. The van der Waals surface area contributed by atoms with Crippen LogP contribution in [0.5, 0.6) is 0 Å². The molecule has 0 saturated carbocycles. The standard InChI is InChI=1S/C17H20N4O3/c22-15-10-18-8-13(15)9-19-17(24)14-6-7-16(23)21(20-14)11-12-4-2-1-3-5-12/h1-7,13,15,18,22H,8-11H2,(H,19,24). The molecule has 24 heavy (non-hydrogen) atoms. The lowest BCUT2D eigenvalue weighted by atomic mass is 10.1. The number of hydrogen-bond donors (Lipinski definition) is 3. The first-order valence-corrected chi connectivity index (χ1v) is 7.92. The smallest absolute Gasteiger partial charge is 0.271 e. The topological polar surface area (TPSA) is 96.3 Å². The van der Waals surface area contributed by atoms with Crippen molar-refractivity contribution in [1.82, 2.24) is 20.4 Å². The van der Waals surface area contributed by atoms with E-state index in [1.807, 2.05) is 30.3 Å². The average molecular weight is 328 g/mol. The summed E-state index contributed by atoms with van der Waals surface area (Å²) in [7, 11) is 0. The Balaban J connectivity index is 1.68. The van der Waals surface area contributed by atoms with Crippen LogP contribution < -0.4 is 16.2 Å². The maximum absolute atomic E-state index is 12.2. The third-order valence-corrected chi connectivity index (χ3v) is 4.10. The van der Waals surface area contributed by atoms with Gasteiger partial charge < -0.3 is 15.7 Å². The first-order chi connectivity index (χ1) is 11.6. The first kappa shape index (κ1) is 16.4. The van der Waals surface area contributed by atoms with Crippen LogP contribution in [0.3, 0.4) is 0 Å². The lowest BCUT2D eigenvalue weighted by Crippen LogP contribution is -2.36. The number of benzene rings is 1. The number of β-amino-alcohol motifs (C(OH)–C–C–N with tert-alkyl or cyclic N) is 1. The van der Waals surface area contributed by atoms with Gasteiger partial charge in [-0.25, -0.2) is 4.68 Å². The van der Waals surface area contributed by atoms with Crippen LogP contribution in [0, 0.1) is 5.92 Å². The molecule has 7 nitrogen and oxygen atoms in total. The van der Waals surface area contributed by atoms with Crippen molar-refractivity contribution < 1.29 is 9.90 Å². The molecule has 7 heteroatoms. The number of rotatable bonds is 5. The third-order valence-electron chi connectivity index (χ3n) is 4.10. The van der Waals surface area contributed by atoms with Gasteiger partial charge in [0, 0.05) is 31.6 Å². The Bertz CT molecular complexity index is 760. The molecule has 1 fully saturated rings. The van der Waals surface area contributed by atoms with Crippen LogP contribution in [0.4, 0.5) is 0 Å². The zero-order valence-electron chi connectivity index (χ0n) is 13.2. The van der Waals surface area contributed by atoms with Crippen LogP contribution >= 0.6 is 0 Å². The van der Waals surface area contributed by atoms with Gasteiger partial charge in [0.15, 0.2) is 0 Å². The predicted molar refractivity (Wildman–Crippen MR) is 88.7 cm³/mol. The second-order valence-corrected chi connectivity index (χ2v) is 5.90. The van der Waals surface area contributed by atoms with Crippen LogP contribution in [-0.2, 0) is 6.54 Å². The van der Waals surface area contributed by atoms with Crippen LogP contribution in [0.1, 0.15) is 16.1 Å². The highest BCUT2D eigenvalue weighted by Gasteiger charge is 2.25. The molecule has 2 aromatic rings. The normalized spacial score (nSPS) is 20.0. The van der Waals surface area contributed by atoms with Crippen molar-refractivity contribution in [3.8, 4) is 0 Å². The van der Waals surface area contributed by atoms with E-state index < -0.39 is 6.10 Å². The fraction of sp³-hybridized carbons (Fsp3) is 0.353. The summed E-state index contributed by atoms with van der Waals surface area (Å²) >= 11 is 0. The van der Waals surface area contributed by atoms with E-state index in [-0.39, 0.29) is 23.1 Å². The maximum atomic E-state index is 12.2. The van der Waals surface area contributed by atoms with Crippen LogP contribution in [0.25, 0.3) is 0 Å². The number of nitrogens with zero attached hydrogens (tertiary/aromatic N) is 2. The minimum Gasteiger partial charge on any atom is -0.391 e. The molecular weight excluding hydrogens is 308 g/mol. The van der Waals surface area contributed by atoms with Gasteiger partial charge >= 0.3 is 0 Å². The highest BCUT2D eigenvalue weighted by molar-refractivity contribution is 5.91. The Morgan fingerprint density at radius 3 is 2.75 bits per heavy atom. The summed E-state index contributed by atoms with van der Waals surface area (Å²) < 4.78 is 1.27. The van der Waals surface area contributed by atoms with Crippen molar-refractivity contribution in [3.63, 3.8) is 0 Å². The van der Waals surface area contributed by atoms with Gasteiger partial charge in [0.1, 0.15) is 5.69 Å². The van der Waals surface area contributed by atoms with E-state index in [1.165, 1.54) is 16.8 Å². The number of hydrogen-bond acceptors (Lipinski definition) is 5. The lowest BCUT2D eigenvalue weighted by Gasteiger charge is -2.14. The van der Waals surface area contributed by atoms with Crippen molar-refractivity contribution in [2.45, 2.75) is 12.6 Å². The molecule has 1 aromatic carbocycles. The molecule has 126 valence electrons. The molecule has 3 N–H and O–H groups in total. The van der Waals surface area contributed by atoms with Crippen LogP contribution in [-0.4, -0.2) is 46.5 Å². The molecule has 1 aromatic heterocycles. The molecular formula is C17H20N4O3. The summed E-state index contributed by atoms with van der Waals surface area (Å²) in [6, 6.07) is 12.2. The molecule has 2 unspecified atom stereocenters. The zero-order chi connectivity index (χ0) is 16.9. The van der Waals surface area contributed by atoms with E-state index in [0.29, 0.717) is 26.2 Å². The Morgan fingerprint density at radius 2 is 2.04 bits per heavy atom. The van der Waals surface area contributed by atoms with Gasteiger partial charge in [0.05, 0.1) is 12.6 Å². The average Bonchev–Trinajstić information content (AvgIpc) is 3.00. The van der Waals surface area contributed by atoms with Gasteiger partial charge in [-0.1, -0.05) is 30.3 Å². The summed E-state index contributed by atoms with van der Waals surface area (Å²) in [5.41, 5.74) is 0.863. The van der Waals surface area contributed by atoms with Gasteiger partial charge in [0.25, 0.3) is 11.5 Å². The molecule has 2 heterocycles. The van der Waals surface area contributed by atoms with E-state index in [0.717, 1.165) is 5.56 Å². The summed E-state index contributed by atoms with van der Waals surface area (Å²) in [6.45, 7) is 1.89. The number of carbonyl (C=O) groups excluding carboxylic acids is 1. The summed E-state index contributed by atoms with van der Waals surface area (Å²) in [6.07, 6.45) is -0.453. The quantitative estimate of drug-likeness (QED) is 0.694. The fourth-order valence-corrected chi connectivity index (χ4v) is 2.68. The highest BCUT2D eigenvalue weighted by Crippen LogP contribution is 2.07. The monoisotopic (exact) mass is 328 g/mol. The molecule has 0 bridgehead atoms. The number of carbonyl (C=O) groups is 1. The SMILES string of the molecule is O=C(NCC1CNCC1O)c1ccc(=O)n(Cc2ccccc2)n1. The van der Waals surface area contributed by atoms with E-state index in [2.05, 4.69) is 15.7 Å². The molecule has 3 rings (SSSR count). The minimum atomic E-state index is -0.453. The minimum absolute atomic E-state index is 0.0100. The van der Waals surface area contributed by atoms with Crippen molar-refractivity contribution >= 4 is 5.91 Å². The Labute approximate surface area is 139 Å². The van der Waals surface area contributed by atoms with Crippen molar-refractivity contribution in [1.29, 1.82) is 0 Å². The van der Waals surface area contributed by atoms with Crippen LogP contribution in [0.15, 0.2) is 47.3 Å². The number of aromatic nitrogens is 2. The van der Waals surface area contributed by atoms with Crippen molar-refractivity contribution in [2.75, 3.05) is 19.6 Å². The van der Waals surface area contributed by atoms with Gasteiger partial charge in [-0.15, -0.1) is 0 Å². The molecule has 0 spiro atoms. The van der Waals surface area contributed by atoms with Gasteiger partial charge in [-0.05, 0) is 11.6 Å². The predicted octanol–water partition coefficient (Wildman–Crippen LogP) is -0.398. The molecule has 0 aliphatic carbocycles. The number of amides is 1. The number of nitrogens with one attached hydrogen (secondary N) is 2. The first-order valence-electron chi connectivity index (χ1n) is 7.92. The highest BCUT2D eigenvalue weighted by atomic mass is 16.3. The third kappa shape index (κ3) is 3.87. The van der Waals surface area contributed by atoms with E-state index in [9.17, 15) is 14.7 Å². The maximum Gasteiger partial charge on any atom is 0.271 e. The van der Waals surface area contributed by atoms with Crippen molar-refractivity contribution in [2.24, 2.45) is 5.92 Å². The second-order valence-electron chi connectivity index (χ2n) is 5.90. The molecule has 0 radical (unpaired) electrons. The van der Waals surface area contributed by atoms with Gasteiger partial charge in [-0.2, -0.15) is 5.10 Å². The van der Waals surface area contributed by atoms with E-state index in [4.69, 9.17) is 0 Å². The molecule has 1 aliphatic rings. The molecule has 1 aliphatic heterocycles. The summed E-state index contributed by atoms with van der Waals surface area (Å²) in [5.74, 6) is -0.361. The largest absolute Gasteiger partial charge is 0.391 e.